The molecule has 0 saturated heterocycles. The van der Waals surface area contributed by atoms with E-state index in [0.717, 1.165) is 18.8 Å². The summed E-state index contributed by atoms with van der Waals surface area (Å²) in [5.74, 6) is -0.174. The van der Waals surface area contributed by atoms with Gasteiger partial charge in [0.25, 0.3) is 5.91 Å². The molecule has 4 heteroatoms. The maximum absolute atomic E-state index is 12.0. The summed E-state index contributed by atoms with van der Waals surface area (Å²) in [7, 11) is 2.09. The molecule has 2 heterocycles. The van der Waals surface area contributed by atoms with Gasteiger partial charge in [-0.1, -0.05) is 12.1 Å². The second-order valence-electron chi connectivity index (χ2n) is 4.82. The Kier molecular flexibility index (Phi) is 3.01. The monoisotopic (exact) mass is 253 g/mol. The number of nitrogens with zero attached hydrogens (tertiary/aromatic N) is 2. The van der Waals surface area contributed by atoms with E-state index in [2.05, 4.69) is 28.3 Å². The summed E-state index contributed by atoms with van der Waals surface area (Å²) in [6.07, 6.45) is 1.62. The standard InChI is InChI=1S/C15H15N3O/c1-18-9-11-5-6-13(8-12(11)10-18)17-15(19)14-4-2-3-7-16-14/h2-8H,9-10H2,1H3,(H,17,19). The number of nitrogens with one attached hydrogen (secondary N) is 1. The van der Waals surface area contributed by atoms with Crippen LogP contribution in [0, 0.1) is 0 Å². The molecule has 0 bridgehead atoms. The van der Waals surface area contributed by atoms with E-state index in [9.17, 15) is 4.79 Å². The normalized spacial score (nSPS) is 14.2. The van der Waals surface area contributed by atoms with E-state index in [1.807, 2.05) is 12.1 Å². The minimum absolute atomic E-state index is 0.174. The van der Waals surface area contributed by atoms with Crippen molar-refractivity contribution in [1.82, 2.24) is 9.88 Å². The number of carbonyl (C=O) groups excluding carboxylic acids is 1. The summed E-state index contributed by atoms with van der Waals surface area (Å²) in [6.45, 7) is 1.91. The highest BCUT2D eigenvalue weighted by atomic mass is 16.1. The summed E-state index contributed by atoms with van der Waals surface area (Å²) in [5, 5.41) is 2.88. The molecule has 4 nitrogen and oxygen atoms in total. The Labute approximate surface area is 112 Å². The minimum Gasteiger partial charge on any atom is -0.321 e. The van der Waals surface area contributed by atoms with Crippen LogP contribution in [0.4, 0.5) is 5.69 Å². The second-order valence-corrected chi connectivity index (χ2v) is 4.82. The lowest BCUT2D eigenvalue weighted by atomic mass is 10.1. The maximum atomic E-state index is 12.0. The van der Waals surface area contributed by atoms with Crippen LogP contribution in [0.15, 0.2) is 42.6 Å². The van der Waals surface area contributed by atoms with Gasteiger partial charge in [-0.3, -0.25) is 14.7 Å². The van der Waals surface area contributed by atoms with E-state index in [1.54, 1.807) is 24.4 Å². The molecule has 0 saturated carbocycles. The molecule has 1 aliphatic rings. The maximum Gasteiger partial charge on any atom is 0.274 e. The molecule has 19 heavy (non-hydrogen) atoms. The highest BCUT2D eigenvalue weighted by molar-refractivity contribution is 6.02. The number of amides is 1. The third kappa shape index (κ3) is 2.48. The van der Waals surface area contributed by atoms with Crippen LogP contribution >= 0.6 is 0 Å². The van der Waals surface area contributed by atoms with Crippen LogP contribution in [0.1, 0.15) is 21.6 Å². The number of pyridine rings is 1. The van der Waals surface area contributed by atoms with Crippen molar-refractivity contribution in [2.45, 2.75) is 13.1 Å². The Morgan fingerprint density at radius 3 is 2.84 bits per heavy atom. The first-order valence-electron chi connectivity index (χ1n) is 6.25. The predicted octanol–water partition coefficient (Wildman–Crippen LogP) is 2.28. The van der Waals surface area contributed by atoms with Crippen LogP contribution in [-0.4, -0.2) is 22.8 Å². The van der Waals surface area contributed by atoms with E-state index in [0.29, 0.717) is 5.69 Å². The molecule has 0 unspecified atom stereocenters. The molecule has 1 aromatic carbocycles. The fourth-order valence-electron chi connectivity index (χ4n) is 2.33. The molecule has 1 N–H and O–H groups in total. The van der Waals surface area contributed by atoms with Gasteiger partial charge in [-0.05, 0) is 42.4 Å². The topological polar surface area (TPSA) is 45.2 Å². The van der Waals surface area contributed by atoms with Crippen molar-refractivity contribution < 1.29 is 4.79 Å². The van der Waals surface area contributed by atoms with Crippen molar-refractivity contribution in [3.63, 3.8) is 0 Å². The molecule has 0 fully saturated rings. The molecular weight excluding hydrogens is 238 g/mol. The zero-order chi connectivity index (χ0) is 13.2. The average Bonchev–Trinajstić information content (AvgIpc) is 2.79. The predicted molar refractivity (Wildman–Crippen MR) is 73.8 cm³/mol. The molecule has 1 aliphatic heterocycles. The summed E-state index contributed by atoms with van der Waals surface area (Å²) in [4.78, 5) is 18.3. The van der Waals surface area contributed by atoms with Gasteiger partial charge in [0.1, 0.15) is 5.69 Å². The molecule has 3 rings (SSSR count). The van der Waals surface area contributed by atoms with Gasteiger partial charge in [-0.2, -0.15) is 0 Å². The van der Waals surface area contributed by atoms with Crippen molar-refractivity contribution in [1.29, 1.82) is 0 Å². The fourth-order valence-corrected chi connectivity index (χ4v) is 2.33. The number of aromatic nitrogens is 1. The third-order valence-corrected chi connectivity index (χ3v) is 3.24. The summed E-state index contributed by atoms with van der Waals surface area (Å²) >= 11 is 0. The van der Waals surface area contributed by atoms with E-state index < -0.39 is 0 Å². The smallest absolute Gasteiger partial charge is 0.274 e. The minimum atomic E-state index is -0.174. The van der Waals surface area contributed by atoms with Gasteiger partial charge >= 0.3 is 0 Å². The molecule has 0 radical (unpaired) electrons. The van der Waals surface area contributed by atoms with Crippen molar-refractivity contribution in [3.8, 4) is 0 Å². The number of carbonyl (C=O) groups is 1. The molecular formula is C15H15N3O. The van der Waals surface area contributed by atoms with E-state index in [-0.39, 0.29) is 5.91 Å². The Bertz CT molecular complexity index is 610. The van der Waals surface area contributed by atoms with Crippen LogP contribution < -0.4 is 5.32 Å². The molecule has 96 valence electrons. The van der Waals surface area contributed by atoms with Crippen LogP contribution in [0.2, 0.25) is 0 Å². The largest absolute Gasteiger partial charge is 0.321 e. The van der Waals surface area contributed by atoms with Gasteiger partial charge < -0.3 is 5.32 Å². The highest BCUT2D eigenvalue weighted by Crippen LogP contribution is 2.24. The molecule has 0 aliphatic carbocycles. The molecule has 1 amide bonds. The SMILES string of the molecule is CN1Cc2ccc(NC(=O)c3ccccn3)cc2C1. The quantitative estimate of drug-likeness (QED) is 0.893. The number of hydrogen-bond acceptors (Lipinski definition) is 3. The lowest BCUT2D eigenvalue weighted by molar-refractivity contribution is 0.102. The van der Waals surface area contributed by atoms with E-state index in [1.165, 1.54) is 11.1 Å². The number of rotatable bonds is 2. The van der Waals surface area contributed by atoms with Gasteiger partial charge in [-0.15, -0.1) is 0 Å². The molecule has 0 spiro atoms. The second kappa shape index (κ2) is 4.82. The lowest BCUT2D eigenvalue weighted by Crippen LogP contribution is -2.13. The summed E-state index contributed by atoms with van der Waals surface area (Å²) in [5.41, 5.74) is 3.87. The van der Waals surface area contributed by atoms with E-state index in [4.69, 9.17) is 0 Å². The van der Waals surface area contributed by atoms with Crippen molar-refractivity contribution in [2.24, 2.45) is 0 Å². The number of fused-ring (bicyclic) bond motifs is 1. The first kappa shape index (κ1) is 11.9. The summed E-state index contributed by atoms with van der Waals surface area (Å²) < 4.78 is 0. The highest BCUT2D eigenvalue weighted by Gasteiger charge is 2.16. The number of hydrogen-bond donors (Lipinski definition) is 1. The number of benzene rings is 1. The van der Waals surface area contributed by atoms with Gasteiger partial charge in [0.05, 0.1) is 0 Å². The average molecular weight is 253 g/mol. The Morgan fingerprint density at radius 1 is 1.21 bits per heavy atom. The first-order chi connectivity index (χ1) is 9.22. The molecule has 0 atom stereocenters. The summed E-state index contributed by atoms with van der Waals surface area (Å²) in [6, 6.07) is 11.4. The number of anilines is 1. The van der Waals surface area contributed by atoms with Gasteiger partial charge in [0, 0.05) is 25.0 Å². The molecule has 2 aromatic rings. The van der Waals surface area contributed by atoms with Crippen molar-refractivity contribution in [2.75, 3.05) is 12.4 Å². The van der Waals surface area contributed by atoms with Crippen LogP contribution in [0.5, 0.6) is 0 Å². The van der Waals surface area contributed by atoms with Crippen LogP contribution in [0.3, 0.4) is 0 Å². The van der Waals surface area contributed by atoms with Crippen molar-refractivity contribution >= 4 is 11.6 Å². The van der Waals surface area contributed by atoms with Crippen molar-refractivity contribution in [3.05, 3.63) is 59.4 Å². The van der Waals surface area contributed by atoms with E-state index >= 15 is 0 Å². The van der Waals surface area contributed by atoms with Gasteiger partial charge in [0.2, 0.25) is 0 Å². The first-order valence-corrected chi connectivity index (χ1v) is 6.25. The zero-order valence-electron chi connectivity index (χ0n) is 10.8. The lowest BCUT2D eigenvalue weighted by Gasteiger charge is -2.06. The Morgan fingerprint density at radius 2 is 2.05 bits per heavy atom. The van der Waals surface area contributed by atoms with Crippen LogP contribution in [0.25, 0.3) is 0 Å². The zero-order valence-corrected chi connectivity index (χ0v) is 10.8. The van der Waals surface area contributed by atoms with Gasteiger partial charge in [0.15, 0.2) is 0 Å². The fraction of sp³-hybridized carbons (Fsp3) is 0.200. The van der Waals surface area contributed by atoms with Gasteiger partial charge in [-0.25, -0.2) is 0 Å². The van der Waals surface area contributed by atoms with Crippen LogP contribution in [-0.2, 0) is 13.1 Å². The molecule has 1 aromatic heterocycles. The third-order valence-electron chi connectivity index (χ3n) is 3.24. The Hall–Kier alpha value is -2.20. The Balaban J connectivity index is 1.78.